The maximum absolute atomic E-state index is 5.08. The highest BCUT2D eigenvalue weighted by Crippen LogP contribution is 2.20. The summed E-state index contributed by atoms with van der Waals surface area (Å²) in [5.41, 5.74) is 3.18. The van der Waals surface area contributed by atoms with Crippen molar-refractivity contribution in [3.8, 4) is 28.5 Å². The fraction of sp³-hybridized carbons (Fsp3) is 0.364. The first-order valence-corrected chi connectivity index (χ1v) is 9.58. The second kappa shape index (κ2) is 9.76. The maximum Gasteiger partial charge on any atom is 0.162 e. The molecule has 0 N–H and O–H groups in total. The van der Waals surface area contributed by atoms with Crippen molar-refractivity contribution in [3.63, 3.8) is 0 Å². The van der Waals surface area contributed by atoms with Crippen LogP contribution in [0.15, 0.2) is 49.1 Å². The molecule has 1 aromatic carbocycles. The molecule has 3 aromatic rings. The molecule has 0 radical (unpaired) electrons. The van der Waals surface area contributed by atoms with Crippen molar-refractivity contribution < 1.29 is 4.74 Å². The Kier molecular flexibility index (Phi) is 6.85. The molecule has 2 aromatic heterocycles. The molecule has 27 heavy (non-hydrogen) atoms. The number of ether oxygens (including phenoxy) is 1. The number of rotatable bonds is 9. The third-order valence-corrected chi connectivity index (χ3v) is 4.56. The Balaban J connectivity index is 1.61. The lowest BCUT2D eigenvalue weighted by atomic mass is 10.0. The summed E-state index contributed by atoms with van der Waals surface area (Å²) < 4.78 is 5.08. The van der Waals surface area contributed by atoms with Gasteiger partial charge in [-0.25, -0.2) is 19.9 Å². The third kappa shape index (κ3) is 5.33. The molecule has 0 aliphatic heterocycles. The average molecular weight is 362 g/mol. The van der Waals surface area contributed by atoms with Crippen LogP contribution in [0, 0.1) is 0 Å². The Hall–Kier alpha value is -2.82. The molecule has 2 heterocycles. The molecule has 0 fully saturated rings. The molecule has 0 unspecified atom stereocenters. The van der Waals surface area contributed by atoms with Gasteiger partial charge in [-0.05, 0) is 18.4 Å². The molecule has 0 aliphatic rings. The largest absolute Gasteiger partial charge is 0.494 e. The number of nitrogens with zero attached hydrogens (tertiary/aromatic N) is 4. The van der Waals surface area contributed by atoms with E-state index in [1.165, 1.54) is 37.7 Å². The zero-order chi connectivity index (χ0) is 18.9. The van der Waals surface area contributed by atoms with Crippen LogP contribution in [0.2, 0.25) is 0 Å². The molecule has 0 saturated heterocycles. The van der Waals surface area contributed by atoms with Crippen molar-refractivity contribution in [3.05, 3.63) is 54.6 Å². The molecule has 5 nitrogen and oxygen atoms in total. The summed E-state index contributed by atoms with van der Waals surface area (Å²) in [4.78, 5) is 17.5. The molecule has 0 saturated carbocycles. The van der Waals surface area contributed by atoms with E-state index in [4.69, 9.17) is 4.74 Å². The SMILES string of the molecule is CCCCCCCc1ccc(-c2ncc(-c3ncc(OC)cn3)cn2)cc1. The minimum absolute atomic E-state index is 0.584. The van der Waals surface area contributed by atoms with Gasteiger partial charge in [0.25, 0.3) is 0 Å². The Labute approximate surface area is 160 Å². The van der Waals surface area contributed by atoms with E-state index in [9.17, 15) is 0 Å². The number of aryl methyl sites for hydroxylation is 1. The predicted molar refractivity (Wildman–Crippen MR) is 108 cm³/mol. The van der Waals surface area contributed by atoms with Crippen LogP contribution < -0.4 is 4.74 Å². The van der Waals surface area contributed by atoms with Crippen LogP contribution in [0.1, 0.15) is 44.6 Å². The number of hydrogen-bond donors (Lipinski definition) is 0. The molecule has 0 aliphatic carbocycles. The lowest BCUT2D eigenvalue weighted by Crippen LogP contribution is -1.94. The molecular formula is C22H26N4O. The second-order valence-corrected chi connectivity index (χ2v) is 6.60. The van der Waals surface area contributed by atoms with Gasteiger partial charge in [0.1, 0.15) is 0 Å². The van der Waals surface area contributed by atoms with E-state index >= 15 is 0 Å². The monoisotopic (exact) mass is 362 g/mol. The Morgan fingerprint density at radius 3 is 1.93 bits per heavy atom. The maximum atomic E-state index is 5.08. The predicted octanol–water partition coefficient (Wildman–Crippen LogP) is 5.12. The van der Waals surface area contributed by atoms with E-state index < -0.39 is 0 Å². The Morgan fingerprint density at radius 1 is 0.704 bits per heavy atom. The fourth-order valence-corrected chi connectivity index (χ4v) is 2.92. The van der Waals surface area contributed by atoms with Crippen LogP contribution in [0.4, 0.5) is 0 Å². The van der Waals surface area contributed by atoms with Crippen molar-refractivity contribution in [2.24, 2.45) is 0 Å². The fourth-order valence-electron chi connectivity index (χ4n) is 2.92. The molecule has 140 valence electrons. The van der Waals surface area contributed by atoms with Gasteiger partial charge < -0.3 is 4.74 Å². The van der Waals surface area contributed by atoms with E-state index in [0.29, 0.717) is 17.4 Å². The first-order valence-electron chi connectivity index (χ1n) is 9.58. The van der Waals surface area contributed by atoms with Crippen LogP contribution in [-0.4, -0.2) is 27.0 Å². The number of hydrogen-bond acceptors (Lipinski definition) is 5. The van der Waals surface area contributed by atoms with E-state index in [0.717, 1.165) is 17.5 Å². The minimum Gasteiger partial charge on any atom is -0.494 e. The Bertz CT molecular complexity index is 814. The zero-order valence-corrected chi connectivity index (χ0v) is 16.1. The summed E-state index contributed by atoms with van der Waals surface area (Å²) >= 11 is 0. The van der Waals surface area contributed by atoms with Gasteiger partial charge in [-0.3, -0.25) is 0 Å². The van der Waals surface area contributed by atoms with Crippen LogP contribution in [0.3, 0.4) is 0 Å². The number of aromatic nitrogens is 4. The summed E-state index contributed by atoms with van der Waals surface area (Å²) in [6, 6.07) is 8.55. The molecule has 0 atom stereocenters. The number of benzene rings is 1. The second-order valence-electron chi connectivity index (χ2n) is 6.60. The van der Waals surface area contributed by atoms with Gasteiger partial charge in [0.05, 0.1) is 25.1 Å². The van der Waals surface area contributed by atoms with Crippen molar-refractivity contribution in [2.75, 3.05) is 7.11 Å². The third-order valence-electron chi connectivity index (χ3n) is 4.56. The highest BCUT2D eigenvalue weighted by molar-refractivity contribution is 5.58. The van der Waals surface area contributed by atoms with Gasteiger partial charge in [-0.15, -0.1) is 0 Å². The van der Waals surface area contributed by atoms with Crippen LogP contribution in [0.25, 0.3) is 22.8 Å². The molecule has 5 heteroatoms. The normalized spacial score (nSPS) is 10.7. The van der Waals surface area contributed by atoms with Gasteiger partial charge >= 0.3 is 0 Å². The first-order chi connectivity index (χ1) is 13.3. The number of unbranched alkanes of at least 4 members (excludes halogenated alkanes) is 4. The van der Waals surface area contributed by atoms with Gasteiger partial charge in [0.15, 0.2) is 17.4 Å². The van der Waals surface area contributed by atoms with Gasteiger partial charge in [-0.2, -0.15) is 0 Å². The first kappa shape index (κ1) is 19.0. The number of methoxy groups -OCH3 is 1. The zero-order valence-electron chi connectivity index (χ0n) is 16.1. The van der Waals surface area contributed by atoms with Crippen molar-refractivity contribution >= 4 is 0 Å². The van der Waals surface area contributed by atoms with Crippen LogP contribution in [0.5, 0.6) is 5.75 Å². The lowest BCUT2D eigenvalue weighted by molar-refractivity contribution is 0.411. The lowest BCUT2D eigenvalue weighted by Gasteiger charge is -2.05. The van der Waals surface area contributed by atoms with E-state index in [1.807, 2.05) is 0 Å². The van der Waals surface area contributed by atoms with E-state index in [2.05, 4.69) is 51.1 Å². The van der Waals surface area contributed by atoms with Crippen LogP contribution in [-0.2, 0) is 6.42 Å². The summed E-state index contributed by atoms with van der Waals surface area (Å²) in [6.45, 7) is 2.25. The topological polar surface area (TPSA) is 60.8 Å². The van der Waals surface area contributed by atoms with Crippen molar-refractivity contribution in [2.45, 2.75) is 45.4 Å². The highest BCUT2D eigenvalue weighted by atomic mass is 16.5. The molecule has 0 bridgehead atoms. The summed E-state index contributed by atoms with van der Waals surface area (Å²) in [7, 11) is 1.59. The van der Waals surface area contributed by atoms with Crippen molar-refractivity contribution in [1.29, 1.82) is 0 Å². The molecule has 0 amide bonds. The van der Waals surface area contributed by atoms with Gasteiger partial charge in [0.2, 0.25) is 0 Å². The van der Waals surface area contributed by atoms with Gasteiger partial charge in [-0.1, -0.05) is 56.9 Å². The summed E-state index contributed by atoms with van der Waals surface area (Å²) in [5.74, 6) is 1.92. The highest BCUT2D eigenvalue weighted by Gasteiger charge is 2.06. The molecule has 0 spiro atoms. The summed E-state index contributed by atoms with van der Waals surface area (Å²) in [5, 5.41) is 0. The quantitative estimate of drug-likeness (QED) is 0.494. The van der Waals surface area contributed by atoms with Gasteiger partial charge in [0, 0.05) is 18.0 Å². The molecular weight excluding hydrogens is 336 g/mol. The average Bonchev–Trinajstić information content (AvgIpc) is 2.74. The van der Waals surface area contributed by atoms with E-state index in [1.54, 1.807) is 31.9 Å². The van der Waals surface area contributed by atoms with Crippen LogP contribution >= 0.6 is 0 Å². The van der Waals surface area contributed by atoms with E-state index in [-0.39, 0.29) is 0 Å². The molecule has 3 rings (SSSR count). The minimum atomic E-state index is 0.584. The Morgan fingerprint density at radius 2 is 1.30 bits per heavy atom. The smallest absolute Gasteiger partial charge is 0.162 e. The van der Waals surface area contributed by atoms with Crippen molar-refractivity contribution in [1.82, 2.24) is 19.9 Å². The summed E-state index contributed by atoms with van der Waals surface area (Å²) in [6.07, 6.45) is 14.5. The standard InChI is InChI=1S/C22H26N4O/c1-3-4-5-6-7-8-17-9-11-18(12-10-17)21-23-13-19(14-24-21)22-25-15-20(27-2)16-26-22/h9-16H,3-8H2,1-2H3.